The summed E-state index contributed by atoms with van der Waals surface area (Å²) in [7, 11) is 0. The van der Waals surface area contributed by atoms with E-state index in [1.54, 1.807) is 0 Å². The van der Waals surface area contributed by atoms with Crippen LogP contribution in [0.5, 0.6) is 5.75 Å². The van der Waals surface area contributed by atoms with Gasteiger partial charge in [0.15, 0.2) is 0 Å². The van der Waals surface area contributed by atoms with Gasteiger partial charge in [0.2, 0.25) is 0 Å². The summed E-state index contributed by atoms with van der Waals surface area (Å²) >= 11 is 1.97. The van der Waals surface area contributed by atoms with E-state index in [9.17, 15) is 4.79 Å². The van der Waals surface area contributed by atoms with E-state index in [2.05, 4.69) is 16.7 Å². The SMILES string of the molecule is CCCCOc1ccc(C(=O)N2CCCSCC2CN2CCOCC2)cc1. The molecule has 2 fully saturated rings. The first kappa shape index (κ1) is 20.5. The predicted molar refractivity (Wildman–Crippen MR) is 111 cm³/mol. The molecule has 0 aliphatic carbocycles. The van der Waals surface area contributed by atoms with Crippen molar-refractivity contribution in [3.63, 3.8) is 0 Å². The van der Waals surface area contributed by atoms with E-state index < -0.39 is 0 Å². The summed E-state index contributed by atoms with van der Waals surface area (Å²) in [6.07, 6.45) is 3.23. The molecule has 1 amide bonds. The van der Waals surface area contributed by atoms with Crippen molar-refractivity contribution in [3.05, 3.63) is 29.8 Å². The average molecular weight is 393 g/mol. The second-order valence-corrected chi connectivity index (χ2v) is 8.37. The summed E-state index contributed by atoms with van der Waals surface area (Å²) in [6.45, 7) is 8.20. The molecule has 0 N–H and O–H groups in total. The van der Waals surface area contributed by atoms with Gasteiger partial charge in [-0.25, -0.2) is 0 Å². The van der Waals surface area contributed by atoms with Crippen LogP contribution < -0.4 is 4.74 Å². The molecule has 2 saturated heterocycles. The number of rotatable bonds is 7. The number of nitrogens with zero attached hydrogens (tertiary/aromatic N) is 2. The van der Waals surface area contributed by atoms with Gasteiger partial charge in [-0.3, -0.25) is 9.69 Å². The highest BCUT2D eigenvalue weighted by atomic mass is 32.2. The van der Waals surface area contributed by atoms with E-state index in [1.807, 2.05) is 36.0 Å². The Bertz CT molecular complexity index is 575. The third kappa shape index (κ3) is 6.13. The number of carbonyl (C=O) groups excluding carboxylic acids is 1. The third-order valence-electron chi connectivity index (χ3n) is 5.14. The van der Waals surface area contributed by atoms with Gasteiger partial charge in [-0.15, -0.1) is 0 Å². The molecule has 0 bridgehead atoms. The lowest BCUT2D eigenvalue weighted by Gasteiger charge is -2.35. The monoisotopic (exact) mass is 392 g/mol. The fourth-order valence-corrected chi connectivity index (χ4v) is 4.58. The minimum absolute atomic E-state index is 0.149. The molecule has 6 heteroatoms. The molecule has 0 spiro atoms. The Kier molecular flexibility index (Phi) is 8.30. The Labute approximate surface area is 167 Å². The first-order valence-electron chi connectivity index (χ1n) is 10.2. The number of benzene rings is 1. The minimum atomic E-state index is 0.149. The fourth-order valence-electron chi connectivity index (χ4n) is 3.52. The smallest absolute Gasteiger partial charge is 0.254 e. The van der Waals surface area contributed by atoms with Crippen LogP contribution in [0.1, 0.15) is 36.5 Å². The predicted octanol–water partition coefficient (Wildman–Crippen LogP) is 3.15. The number of ether oxygens (including phenoxy) is 2. The van der Waals surface area contributed by atoms with E-state index in [1.165, 1.54) is 0 Å². The molecule has 0 saturated carbocycles. The van der Waals surface area contributed by atoms with Crippen LogP contribution in [0.25, 0.3) is 0 Å². The number of carbonyl (C=O) groups is 1. The van der Waals surface area contributed by atoms with Gasteiger partial charge in [0.1, 0.15) is 5.75 Å². The normalized spacial score (nSPS) is 21.7. The van der Waals surface area contributed by atoms with Crippen LogP contribution in [0.2, 0.25) is 0 Å². The van der Waals surface area contributed by atoms with Gasteiger partial charge in [0.25, 0.3) is 5.91 Å². The third-order valence-corrected chi connectivity index (χ3v) is 6.34. The van der Waals surface area contributed by atoms with Crippen molar-refractivity contribution in [1.82, 2.24) is 9.80 Å². The number of thioether (sulfide) groups is 1. The number of hydrogen-bond acceptors (Lipinski definition) is 5. The van der Waals surface area contributed by atoms with Crippen molar-refractivity contribution in [1.29, 1.82) is 0 Å². The van der Waals surface area contributed by atoms with Crippen LogP contribution in [0.15, 0.2) is 24.3 Å². The molecule has 5 nitrogen and oxygen atoms in total. The molecule has 2 heterocycles. The number of morpholine rings is 1. The van der Waals surface area contributed by atoms with Crippen molar-refractivity contribution in [2.75, 3.05) is 57.5 Å². The Hall–Kier alpha value is -1.24. The van der Waals surface area contributed by atoms with Crippen molar-refractivity contribution in [3.8, 4) is 5.75 Å². The van der Waals surface area contributed by atoms with Crippen LogP contribution in [-0.4, -0.2) is 79.3 Å². The van der Waals surface area contributed by atoms with Gasteiger partial charge >= 0.3 is 0 Å². The fraction of sp³-hybridized carbons (Fsp3) is 0.667. The van der Waals surface area contributed by atoms with E-state index in [-0.39, 0.29) is 11.9 Å². The van der Waals surface area contributed by atoms with Crippen LogP contribution in [0, 0.1) is 0 Å². The minimum Gasteiger partial charge on any atom is -0.494 e. The Morgan fingerprint density at radius 1 is 1.22 bits per heavy atom. The molecular weight excluding hydrogens is 360 g/mol. The molecular formula is C21H32N2O3S. The average Bonchev–Trinajstić information content (AvgIpc) is 2.94. The highest BCUT2D eigenvalue weighted by Gasteiger charge is 2.28. The summed E-state index contributed by atoms with van der Waals surface area (Å²) in [5.41, 5.74) is 0.761. The van der Waals surface area contributed by atoms with Crippen LogP contribution in [0.4, 0.5) is 0 Å². The molecule has 3 rings (SSSR count). The molecule has 0 aromatic heterocycles. The highest BCUT2D eigenvalue weighted by molar-refractivity contribution is 7.99. The molecule has 1 aromatic rings. The van der Waals surface area contributed by atoms with Gasteiger partial charge in [0.05, 0.1) is 25.9 Å². The van der Waals surface area contributed by atoms with Crippen molar-refractivity contribution in [2.45, 2.75) is 32.2 Å². The Morgan fingerprint density at radius 3 is 2.74 bits per heavy atom. The Morgan fingerprint density at radius 2 is 2.00 bits per heavy atom. The van der Waals surface area contributed by atoms with Crippen LogP contribution >= 0.6 is 11.8 Å². The van der Waals surface area contributed by atoms with Gasteiger partial charge in [0, 0.05) is 37.5 Å². The summed E-state index contributed by atoms with van der Waals surface area (Å²) < 4.78 is 11.2. The molecule has 27 heavy (non-hydrogen) atoms. The molecule has 2 aliphatic rings. The molecule has 1 atom stereocenters. The zero-order valence-electron chi connectivity index (χ0n) is 16.4. The maximum Gasteiger partial charge on any atom is 0.254 e. The summed E-state index contributed by atoms with van der Waals surface area (Å²) in [4.78, 5) is 17.7. The van der Waals surface area contributed by atoms with E-state index in [4.69, 9.17) is 9.47 Å². The van der Waals surface area contributed by atoms with Crippen molar-refractivity contribution in [2.24, 2.45) is 0 Å². The van der Waals surface area contributed by atoms with Crippen molar-refractivity contribution >= 4 is 17.7 Å². The van der Waals surface area contributed by atoms with E-state index in [0.29, 0.717) is 0 Å². The van der Waals surface area contributed by atoms with E-state index in [0.717, 1.165) is 88.1 Å². The second-order valence-electron chi connectivity index (χ2n) is 7.22. The lowest BCUT2D eigenvalue weighted by atomic mass is 10.1. The molecule has 2 aliphatic heterocycles. The van der Waals surface area contributed by atoms with Crippen LogP contribution in [-0.2, 0) is 4.74 Å². The van der Waals surface area contributed by atoms with Gasteiger partial charge in [-0.05, 0) is 42.9 Å². The summed E-state index contributed by atoms with van der Waals surface area (Å²) in [5.74, 6) is 3.14. The zero-order chi connectivity index (χ0) is 18.9. The second kappa shape index (κ2) is 10.9. The number of unbranched alkanes of at least 4 members (excludes halogenated alkanes) is 1. The maximum atomic E-state index is 13.2. The largest absolute Gasteiger partial charge is 0.494 e. The zero-order valence-corrected chi connectivity index (χ0v) is 17.2. The Balaban J connectivity index is 1.63. The standard InChI is InChI=1S/C21H32N2O3S/c1-2-3-12-26-20-7-5-18(6-8-20)21(24)23-9-4-15-27-17-19(23)16-22-10-13-25-14-11-22/h5-8,19H,2-4,9-17H2,1H3. The van der Waals surface area contributed by atoms with Crippen LogP contribution in [0.3, 0.4) is 0 Å². The number of amides is 1. The summed E-state index contributed by atoms with van der Waals surface area (Å²) in [6, 6.07) is 7.93. The van der Waals surface area contributed by atoms with Crippen molar-refractivity contribution < 1.29 is 14.3 Å². The number of hydrogen-bond donors (Lipinski definition) is 0. The first-order chi connectivity index (χ1) is 13.3. The highest BCUT2D eigenvalue weighted by Crippen LogP contribution is 2.21. The molecule has 0 radical (unpaired) electrons. The lowest BCUT2D eigenvalue weighted by molar-refractivity contribution is 0.0245. The summed E-state index contributed by atoms with van der Waals surface area (Å²) in [5, 5.41) is 0. The van der Waals surface area contributed by atoms with E-state index >= 15 is 0 Å². The molecule has 1 unspecified atom stereocenters. The van der Waals surface area contributed by atoms with Gasteiger partial charge in [-0.2, -0.15) is 11.8 Å². The van der Waals surface area contributed by atoms with Gasteiger partial charge < -0.3 is 14.4 Å². The molecule has 150 valence electrons. The topological polar surface area (TPSA) is 42.0 Å². The quantitative estimate of drug-likeness (QED) is 0.667. The lowest BCUT2D eigenvalue weighted by Crippen LogP contribution is -2.50. The molecule has 1 aromatic carbocycles. The first-order valence-corrected chi connectivity index (χ1v) is 11.3. The maximum absolute atomic E-state index is 13.2. The van der Waals surface area contributed by atoms with Gasteiger partial charge in [-0.1, -0.05) is 13.3 Å².